The van der Waals surface area contributed by atoms with Crippen molar-refractivity contribution in [1.29, 1.82) is 0 Å². The highest BCUT2D eigenvalue weighted by atomic mass is 127. The van der Waals surface area contributed by atoms with Crippen molar-refractivity contribution in [1.82, 2.24) is 20.1 Å². The summed E-state index contributed by atoms with van der Waals surface area (Å²) in [6.45, 7) is 3.02. The number of nitrogens with zero attached hydrogens (tertiary/aromatic N) is 4. The molecular weight excluding hydrogens is 423 g/mol. The van der Waals surface area contributed by atoms with Gasteiger partial charge in [-0.2, -0.15) is 5.10 Å². The predicted molar refractivity (Wildman–Crippen MR) is 104 cm³/mol. The molecule has 0 radical (unpaired) electrons. The van der Waals surface area contributed by atoms with Crippen molar-refractivity contribution in [2.45, 2.75) is 13.5 Å². The largest absolute Gasteiger partial charge is 0.493 e. The highest BCUT2D eigenvalue weighted by Gasteiger charge is 2.07. The summed E-state index contributed by atoms with van der Waals surface area (Å²) in [5.74, 6) is 2.82. The molecule has 0 spiro atoms. The van der Waals surface area contributed by atoms with E-state index in [1.54, 1.807) is 18.8 Å². The zero-order valence-corrected chi connectivity index (χ0v) is 16.6. The van der Waals surface area contributed by atoms with Gasteiger partial charge in [0.25, 0.3) is 0 Å². The van der Waals surface area contributed by atoms with E-state index in [4.69, 9.17) is 9.47 Å². The first kappa shape index (κ1) is 20.0. The van der Waals surface area contributed by atoms with Gasteiger partial charge in [-0.05, 0) is 19.1 Å². The van der Waals surface area contributed by atoms with Crippen LogP contribution in [0.3, 0.4) is 0 Å². The summed E-state index contributed by atoms with van der Waals surface area (Å²) in [5.41, 5.74) is 0.848. The summed E-state index contributed by atoms with van der Waals surface area (Å²) in [6, 6.07) is 5.62. The first-order valence-electron chi connectivity index (χ1n) is 7.29. The number of hydrogen-bond donors (Lipinski definition) is 2. The summed E-state index contributed by atoms with van der Waals surface area (Å²) < 4.78 is 12.6. The number of rotatable bonds is 6. The molecule has 1 heterocycles. The van der Waals surface area contributed by atoms with Crippen LogP contribution in [0, 0.1) is 0 Å². The van der Waals surface area contributed by atoms with Crippen LogP contribution in [0.1, 0.15) is 12.7 Å². The molecule has 0 amide bonds. The Hall–Kier alpha value is -2.04. The summed E-state index contributed by atoms with van der Waals surface area (Å²) in [4.78, 5) is 8.36. The van der Waals surface area contributed by atoms with Gasteiger partial charge in [0.15, 0.2) is 17.5 Å². The van der Waals surface area contributed by atoms with Gasteiger partial charge in [-0.25, -0.2) is 4.98 Å². The third-order valence-electron chi connectivity index (χ3n) is 3.17. The van der Waals surface area contributed by atoms with E-state index in [2.05, 4.69) is 25.7 Å². The number of aliphatic imine (C=N–C) groups is 1. The van der Waals surface area contributed by atoms with Crippen LogP contribution in [-0.4, -0.2) is 41.5 Å². The van der Waals surface area contributed by atoms with Gasteiger partial charge in [-0.15, -0.1) is 24.0 Å². The number of aryl methyl sites for hydroxylation is 1. The van der Waals surface area contributed by atoms with E-state index in [0.29, 0.717) is 30.6 Å². The Morgan fingerprint density at radius 1 is 1.33 bits per heavy atom. The van der Waals surface area contributed by atoms with Crippen molar-refractivity contribution in [2.75, 3.05) is 26.1 Å². The van der Waals surface area contributed by atoms with Gasteiger partial charge >= 0.3 is 0 Å². The number of methoxy groups -OCH3 is 1. The van der Waals surface area contributed by atoms with Gasteiger partial charge in [0.1, 0.15) is 12.2 Å². The first-order chi connectivity index (χ1) is 11.2. The van der Waals surface area contributed by atoms with Crippen molar-refractivity contribution in [3.05, 3.63) is 30.4 Å². The number of nitrogens with one attached hydrogen (secondary N) is 2. The highest BCUT2D eigenvalue weighted by molar-refractivity contribution is 14.0. The van der Waals surface area contributed by atoms with Crippen molar-refractivity contribution >= 4 is 35.6 Å². The van der Waals surface area contributed by atoms with Crippen LogP contribution in [0.2, 0.25) is 0 Å². The van der Waals surface area contributed by atoms with E-state index in [9.17, 15) is 0 Å². The van der Waals surface area contributed by atoms with Crippen molar-refractivity contribution < 1.29 is 9.47 Å². The Bertz CT molecular complexity index is 674. The minimum Gasteiger partial charge on any atom is -0.493 e. The molecular formula is C15H23IN6O2. The van der Waals surface area contributed by atoms with Gasteiger partial charge in [0, 0.05) is 25.8 Å². The lowest BCUT2D eigenvalue weighted by Gasteiger charge is -2.14. The van der Waals surface area contributed by atoms with Crippen LogP contribution in [0.25, 0.3) is 0 Å². The quantitative estimate of drug-likeness (QED) is 0.402. The smallest absolute Gasteiger partial charge is 0.195 e. The van der Waals surface area contributed by atoms with Crippen molar-refractivity contribution in [3.63, 3.8) is 0 Å². The molecule has 9 heteroatoms. The second kappa shape index (κ2) is 9.96. The normalized spacial score (nSPS) is 10.8. The number of aromatic nitrogens is 3. The molecule has 2 N–H and O–H groups in total. The minimum absolute atomic E-state index is 0. The van der Waals surface area contributed by atoms with E-state index in [1.807, 2.05) is 32.2 Å². The minimum atomic E-state index is 0. The molecule has 2 rings (SSSR count). The molecule has 0 aliphatic rings. The molecule has 132 valence electrons. The Kier molecular flexibility index (Phi) is 8.30. The fourth-order valence-corrected chi connectivity index (χ4v) is 1.98. The Morgan fingerprint density at radius 3 is 2.71 bits per heavy atom. The summed E-state index contributed by atoms with van der Waals surface area (Å²) in [6.07, 6.45) is 1.52. The van der Waals surface area contributed by atoms with Crippen LogP contribution in [-0.2, 0) is 13.6 Å². The SMILES string of the molecule is CCOc1cc(NC(=NC)NCc2ncnn2C)ccc1OC.I. The van der Waals surface area contributed by atoms with E-state index in [0.717, 1.165) is 11.5 Å². The molecule has 2 aromatic rings. The number of ether oxygens (including phenoxy) is 2. The van der Waals surface area contributed by atoms with Gasteiger partial charge in [0.05, 0.1) is 20.3 Å². The topological polar surface area (TPSA) is 85.6 Å². The molecule has 0 aliphatic carbocycles. The van der Waals surface area contributed by atoms with Crippen molar-refractivity contribution in [2.24, 2.45) is 12.0 Å². The van der Waals surface area contributed by atoms with Crippen molar-refractivity contribution in [3.8, 4) is 11.5 Å². The monoisotopic (exact) mass is 446 g/mol. The van der Waals surface area contributed by atoms with Crippen LogP contribution in [0.4, 0.5) is 5.69 Å². The fraction of sp³-hybridized carbons (Fsp3) is 0.400. The number of halogens is 1. The average Bonchev–Trinajstić information content (AvgIpc) is 2.97. The van der Waals surface area contributed by atoms with Gasteiger partial charge in [-0.3, -0.25) is 9.67 Å². The maximum Gasteiger partial charge on any atom is 0.195 e. The molecule has 1 aromatic carbocycles. The molecule has 24 heavy (non-hydrogen) atoms. The molecule has 0 saturated carbocycles. The molecule has 0 atom stereocenters. The Morgan fingerprint density at radius 2 is 2.12 bits per heavy atom. The third kappa shape index (κ3) is 5.25. The maximum absolute atomic E-state index is 5.57. The highest BCUT2D eigenvalue weighted by Crippen LogP contribution is 2.30. The van der Waals surface area contributed by atoms with Gasteiger partial charge < -0.3 is 20.1 Å². The predicted octanol–water partition coefficient (Wildman–Crippen LogP) is 2.03. The molecule has 0 unspecified atom stereocenters. The van der Waals surface area contributed by atoms with Crippen LogP contribution in [0.15, 0.2) is 29.5 Å². The lowest BCUT2D eigenvalue weighted by atomic mass is 10.2. The third-order valence-corrected chi connectivity index (χ3v) is 3.17. The zero-order chi connectivity index (χ0) is 16.7. The van der Waals surface area contributed by atoms with Gasteiger partial charge in [-0.1, -0.05) is 0 Å². The summed E-state index contributed by atoms with van der Waals surface area (Å²) in [5, 5.41) is 10.4. The molecule has 0 fully saturated rings. The van der Waals surface area contributed by atoms with E-state index in [-0.39, 0.29) is 24.0 Å². The Balaban J connectivity index is 0.00000288. The first-order valence-corrected chi connectivity index (χ1v) is 7.29. The summed E-state index contributed by atoms with van der Waals surface area (Å²) >= 11 is 0. The van der Waals surface area contributed by atoms with E-state index in [1.165, 1.54) is 6.33 Å². The number of guanidine groups is 1. The molecule has 1 aromatic heterocycles. The number of hydrogen-bond acceptors (Lipinski definition) is 5. The average molecular weight is 446 g/mol. The standard InChI is InChI=1S/C15H22N6O2.HI/c1-5-23-13-8-11(6-7-12(13)22-4)20-15(16-2)17-9-14-18-10-19-21(14)3;/h6-8,10H,5,9H2,1-4H3,(H2,16,17,20);1H. The fourth-order valence-electron chi connectivity index (χ4n) is 1.98. The molecule has 8 nitrogen and oxygen atoms in total. The maximum atomic E-state index is 5.57. The molecule has 0 bridgehead atoms. The summed E-state index contributed by atoms with van der Waals surface area (Å²) in [7, 11) is 5.17. The second-order valence-electron chi connectivity index (χ2n) is 4.65. The molecule has 0 saturated heterocycles. The zero-order valence-electron chi connectivity index (χ0n) is 14.2. The van der Waals surface area contributed by atoms with Crippen LogP contribution >= 0.6 is 24.0 Å². The lowest BCUT2D eigenvalue weighted by molar-refractivity contribution is 0.311. The van der Waals surface area contributed by atoms with E-state index >= 15 is 0 Å². The molecule has 0 aliphatic heterocycles. The van der Waals surface area contributed by atoms with E-state index < -0.39 is 0 Å². The van der Waals surface area contributed by atoms with Crippen LogP contribution in [0.5, 0.6) is 11.5 Å². The second-order valence-corrected chi connectivity index (χ2v) is 4.65. The van der Waals surface area contributed by atoms with Crippen LogP contribution < -0.4 is 20.1 Å². The lowest BCUT2D eigenvalue weighted by Crippen LogP contribution is -2.31. The number of benzene rings is 1. The Labute approximate surface area is 158 Å². The van der Waals surface area contributed by atoms with Gasteiger partial charge in [0.2, 0.25) is 0 Å². The number of anilines is 1.